The highest BCUT2D eigenvalue weighted by atomic mass is 32.2. The zero-order chi connectivity index (χ0) is 14.5. The zero-order valence-electron chi connectivity index (χ0n) is 11.7. The van der Waals surface area contributed by atoms with Crippen molar-refractivity contribution in [2.45, 2.75) is 44.2 Å². The van der Waals surface area contributed by atoms with Crippen LogP contribution in [-0.4, -0.2) is 27.0 Å². The molecule has 0 heterocycles. The molecule has 1 unspecified atom stereocenters. The second-order valence-electron chi connectivity index (χ2n) is 4.99. The Balaban J connectivity index is 2.66. The van der Waals surface area contributed by atoms with Crippen LogP contribution in [0.5, 0.6) is 0 Å². The maximum atomic E-state index is 11.9. The first-order valence-corrected chi connectivity index (χ1v) is 7.91. The molecule has 0 aliphatic carbocycles. The summed E-state index contributed by atoms with van der Waals surface area (Å²) >= 11 is 0. The first-order valence-electron chi connectivity index (χ1n) is 6.43. The summed E-state index contributed by atoms with van der Waals surface area (Å²) in [7, 11) is -3.41. The molecule has 0 radical (unpaired) electrons. The van der Waals surface area contributed by atoms with Crippen molar-refractivity contribution >= 4 is 15.7 Å². The third-order valence-corrected chi connectivity index (χ3v) is 4.16. The van der Waals surface area contributed by atoms with Crippen molar-refractivity contribution in [3.05, 3.63) is 24.3 Å². The predicted molar refractivity (Wildman–Crippen MR) is 78.7 cm³/mol. The van der Waals surface area contributed by atoms with Crippen LogP contribution < -0.4 is 15.8 Å². The predicted octanol–water partition coefficient (Wildman–Crippen LogP) is 1.52. The van der Waals surface area contributed by atoms with E-state index in [2.05, 4.69) is 10.0 Å². The van der Waals surface area contributed by atoms with E-state index in [1.165, 1.54) is 0 Å². The summed E-state index contributed by atoms with van der Waals surface area (Å²) in [5.74, 6) is 0. The number of hydrogen-bond donors (Lipinski definition) is 3. The minimum Gasteiger partial charge on any atom is -0.385 e. The fraction of sp³-hybridized carbons (Fsp3) is 0.538. The van der Waals surface area contributed by atoms with Gasteiger partial charge < -0.3 is 11.1 Å². The fourth-order valence-corrected chi connectivity index (χ4v) is 2.83. The molecule has 0 saturated heterocycles. The third kappa shape index (κ3) is 5.59. The van der Waals surface area contributed by atoms with Crippen LogP contribution in [0.15, 0.2) is 29.2 Å². The molecule has 5 nitrogen and oxygen atoms in total. The van der Waals surface area contributed by atoms with E-state index in [0.717, 1.165) is 18.7 Å². The molecule has 19 heavy (non-hydrogen) atoms. The van der Waals surface area contributed by atoms with Crippen LogP contribution in [-0.2, 0) is 10.0 Å². The van der Waals surface area contributed by atoms with Crippen LogP contribution in [0.2, 0.25) is 0 Å². The quantitative estimate of drug-likeness (QED) is 0.709. The Hall–Kier alpha value is -1.11. The Kier molecular flexibility index (Phi) is 5.78. The van der Waals surface area contributed by atoms with Gasteiger partial charge in [0.25, 0.3) is 0 Å². The van der Waals surface area contributed by atoms with Crippen LogP contribution in [0.25, 0.3) is 0 Å². The molecule has 0 aliphatic heterocycles. The second kappa shape index (κ2) is 6.88. The van der Waals surface area contributed by atoms with Gasteiger partial charge in [0.1, 0.15) is 0 Å². The average molecular weight is 285 g/mol. The normalized spacial score (nSPS) is 13.5. The van der Waals surface area contributed by atoms with E-state index in [1.54, 1.807) is 38.1 Å². The molecule has 0 bridgehead atoms. The summed E-state index contributed by atoms with van der Waals surface area (Å²) in [5.41, 5.74) is 6.55. The van der Waals surface area contributed by atoms with Gasteiger partial charge in [-0.05, 0) is 51.5 Å². The van der Waals surface area contributed by atoms with Crippen LogP contribution >= 0.6 is 0 Å². The highest BCUT2D eigenvalue weighted by molar-refractivity contribution is 7.89. The summed E-state index contributed by atoms with van der Waals surface area (Å²) in [6.45, 7) is 6.31. The molecule has 108 valence electrons. The lowest BCUT2D eigenvalue weighted by atomic mass is 10.2. The van der Waals surface area contributed by atoms with Gasteiger partial charge in [0.15, 0.2) is 0 Å². The lowest BCUT2D eigenvalue weighted by molar-refractivity contribution is 0.570. The van der Waals surface area contributed by atoms with Gasteiger partial charge in [-0.15, -0.1) is 0 Å². The van der Waals surface area contributed by atoms with Gasteiger partial charge in [-0.3, -0.25) is 0 Å². The average Bonchev–Trinajstić information content (AvgIpc) is 2.27. The van der Waals surface area contributed by atoms with E-state index in [4.69, 9.17) is 5.73 Å². The number of anilines is 1. The summed E-state index contributed by atoms with van der Waals surface area (Å²) < 4.78 is 26.4. The number of nitrogens with one attached hydrogen (secondary N) is 2. The Labute approximate surface area is 115 Å². The molecule has 6 heteroatoms. The van der Waals surface area contributed by atoms with E-state index in [-0.39, 0.29) is 17.0 Å². The number of sulfonamides is 1. The molecule has 0 spiro atoms. The van der Waals surface area contributed by atoms with Crippen molar-refractivity contribution in [1.29, 1.82) is 0 Å². The van der Waals surface area contributed by atoms with Crippen LogP contribution in [0, 0.1) is 0 Å². The van der Waals surface area contributed by atoms with Crippen LogP contribution in [0.1, 0.15) is 27.2 Å². The van der Waals surface area contributed by atoms with Crippen molar-refractivity contribution in [1.82, 2.24) is 4.72 Å². The molecule has 0 aromatic heterocycles. The first kappa shape index (κ1) is 15.9. The highest BCUT2D eigenvalue weighted by Gasteiger charge is 2.14. The molecular weight excluding hydrogens is 262 g/mol. The summed E-state index contributed by atoms with van der Waals surface area (Å²) in [6.07, 6.45) is 0.870. The maximum absolute atomic E-state index is 11.9. The van der Waals surface area contributed by atoms with Crippen molar-refractivity contribution in [3.8, 4) is 0 Å². The van der Waals surface area contributed by atoms with E-state index in [1.807, 2.05) is 6.92 Å². The molecule has 1 aromatic carbocycles. The maximum Gasteiger partial charge on any atom is 0.240 e. The highest BCUT2D eigenvalue weighted by Crippen LogP contribution is 2.14. The number of hydrogen-bond acceptors (Lipinski definition) is 4. The third-order valence-electron chi connectivity index (χ3n) is 2.48. The Morgan fingerprint density at radius 2 is 1.74 bits per heavy atom. The van der Waals surface area contributed by atoms with Crippen molar-refractivity contribution < 1.29 is 8.42 Å². The van der Waals surface area contributed by atoms with Crippen molar-refractivity contribution in [2.24, 2.45) is 5.73 Å². The molecule has 1 aromatic rings. The number of benzene rings is 1. The van der Waals surface area contributed by atoms with Gasteiger partial charge >= 0.3 is 0 Å². The minimum absolute atomic E-state index is 0.117. The van der Waals surface area contributed by atoms with Crippen molar-refractivity contribution in [3.63, 3.8) is 0 Å². The van der Waals surface area contributed by atoms with Gasteiger partial charge in [0, 0.05) is 24.3 Å². The monoisotopic (exact) mass is 285 g/mol. The molecule has 0 aliphatic rings. The van der Waals surface area contributed by atoms with Crippen LogP contribution in [0.4, 0.5) is 5.69 Å². The molecule has 0 fully saturated rings. The van der Waals surface area contributed by atoms with Gasteiger partial charge in [0.05, 0.1) is 4.90 Å². The van der Waals surface area contributed by atoms with E-state index in [9.17, 15) is 8.42 Å². The largest absolute Gasteiger partial charge is 0.385 e. The standard InChI is InChI=1S/C13H23N3O2S/c1-10(2)16-19(17,18)13-6-4-12(5-7-13)15-9-8-11(3)14/h4-7,10-11,15-16H,8-9,14H2,1-3H3. The topological polar surface area (TPSA) is 84.2 Å². The molecular formula is C13H23N3O2S. The first-order chi connectivity index (χ1) is 8.81. The minimum atomic E-state index is -3.41. The lowest BCUT2D eigenvalue weighted by Gasteiger charge is -2.11. The summed E-state index contributed by atoms with van der Waals surface area (Å²) in [4.78, 5) is 0.277. The van der Waals surface area contributed by atoms with Gasteiger partial charge in [-0.1, -0.05) is 0 Å². The Morgan fingerprint density at radius 1 is 1.16 bits per heavy atom. The fourth-order valence-electron chi connectivity index (χ4n) is 1.57. The second-order valence-corrected chi connectivity index (χ2v) is 6.71. The molecule has 1 rings (SSSR count). The van der Waals surface area contributed by atoms with Gasteiger partial charge in [0.2, 0.25) is 10.0 Å². The van der Waals surface area contributed by atoms with Crippen LogP contribution in [0.3, 0.4) is 0 Å². The SMILES string of the molecule is CC(N)CCNc1ccc(S(=O)(=O)NC(C)C)cc1. The molecule has 1 atom stereocenters. The van der Waals surface area contributed by atoms with Gasteiger partial charge in [-0.2, -0.15) is 0 Å². The molecule has 0 amide bonds. The van der Waals surface area contributed by atoms with Crippen molar-refractivity contribution in [2.75, 3.05) is 11.9 Å². The Morgan fingerprint density at radius 3 is 2.21 bits per heavy atom. The van der Waals surface area contributed by atoms with Gasteiger partial charge in [-0.25, -0.2) is 13.1 Å². The zero-order valence-corrected chi connectivity index (χ0v) is 12.5. The van der Waals surface area contributed by atoms with E-state index >= 15 is 0 Å². The number of nitrogens with two attached hydrogens (primary N) is 1. The molecule has 0 saturated carbocycles. The van der Waals surface area contributed by atoms with E-state index in [0.29, 0.717) is 0 Å². The smallest absolute Gasteiger partial charge is 0.240 e. The summed E-state index contributed by atoms with van der Waals surface area (Å²) in [6, 6.07) is 6.75. The Bertz CT molecular complexity index is 481. The number of rotatable bonds is 7. The molecule has 4 N–H and O–H groups in total. The summed E-state index contributed by atoms with van der Waals surface area (Å²) in [5, 5.41) is 3.20. The van der Waals surface area contributed by atoms with E-state index < -0.39 is 10.0 Å². The lowest BCUT2D eigenvalue weighted by Crippen LogP contribution is -2.30.